The van der Waals surface area contributed by atoms with Gasteiger partial charge >= 0.3 is 0 Å². The molecule has 3 aromatic heterocycles. The zero-order valence-corrected chi connectivity index (χ0v) is 14.8. The largest absolute Gasteiger partial charge is 0.367 e. The zero-order chi connectivity index (χ0) is 17.8. The molecule has 132 valence electrons. The Labute approximate surface area is 154 Å². The van der Waals surface area contributed by atoms with Crippen LogP contribution in [0.25, 0.3) is 5.95 Å². The number of anilines is 2. The Balaban J connectivity index is 1.45. The minimum absolute atomic E-state index is 0.216. The fourth-order valence-corrected chi connectivity index (χ4v) is 3.52. The molecule has 1 amide bonds. The average Bonchev–Trinajstić information content (AvgIpc) is 3.18. The predicted octanol–water partition coefficient (Wildman–Crippen LogP) is 1.86. The Kier molecular flexibility index (Phi) is 4.78. The van der Waals surface area contributed by atoms with E-state index in [4.69, 9.17) is 0 Å². The Hall–Kier alpha value is -2.94. The van der Waals surface area contributed by atoms with Crippen molar-refractivity contribution in [2.24, 2.45) is 0 Å². The normalized spacial score (nSPS) is 14.2. The molecule has 4 rings (SSSR count). The van der Waals surface area contributed by atoms with E-state index in [9.17, 15) is 4.79 Å². The van der Waals surface area contributed by atoms with Crippen LogP contribution < -0.4 is 10.2 Å². The second kappa shape index (κ2) is 7.52. The van der Waals surface area contributed by atoms with E-state index in [0.29, 0.717) is 17.2 Å². The fraction of sp³-hybridized carbons (Fsp3) is 0.235. The third-order valence-electron chi connectivity index (χ3n) is 3.99. The summed E-state index contributed by atoms with van der Waals surface area (Å²) in [5.41, 5.74) is 2.13. The molecule has 0 saturated carbocycles. The van der Waals surface area contributed by atoms with Crippen molar-refractivity contribution < 1.29 is 4.79 Å². The van der Waals surface area contributed by atoms with Crippen molar-refractivity contribution in [1.29, 1.82) is 0 Å². The van der Waals surface area contributed by atoms with E-state index in [0.717, 1.165) is 30.3 Å². The van der Waals surface area contributed by atoms with Gasteiger partial charge in [-0.3, -0.25) is 9.78 Å². The molecular weight excluding hydrogens is 350 g/mol. The smallest absolute Gasteiger partial charge is 0.255 e. The third-order valence-corrected chi connectivity index (χ3v) is 4.93. The molecular formula is C17H17N7OS. The van der Waals surface area contributed by atoms with Crippen molar-refractivity contribution >= 4 is 29.0 Å². The summed E-state index contributed by atoms with van der Waals surface area (Å²) in [6.07, 6.45) is 10.0. The van der Waals surface area contributed by atoms with E-state index >= 15 is 0 Å². The lowest BCUT2D eigenvalue weighted by Crippen LogP contribution is -2.32. The summed E-state index contributed by atoms with van der Waals surface area (Å²) in [4.78, 5) is 27.1. The van der Waals surface area contributed by atoms with E-state index in [1.165, 1.54) is 4.68 Å². The molecule has 8 nitrogen and oxygen atoms in total. The highest BCUT2D eigenvalue weighted by Gasteiger charge is 2.13. The summed E-state index contributed by atoms with van der Waals surface area (Å²) in [7, 11) is 0. The highest BCUT2D eigenvalue weighted by Crippen LogP contribution is 2.18. The number of nitrogens with zero attached hydrogens (tertiary/aromatic N) is 6. The number of pyridine rings is 1. The lowest BCUT2D eigenvalue weighted by atomic mass is 10.2. The molecule has 0 spiro atoms. The van der Waals surface area contributed by atoms with Gasteiger partial charge in [-0.1, -0.05) is 0 Å². The molecule has 1 aliphatic rings. The molecule has 0 aromatic carbocycles. The fourth-order valence-electron chi connectivity index (χ4n) is 2.62. The monoisotopic (exact) mass is 367 g/mol. The van der Waals surface area contributed by atoms with Crippen molar-refractivity contribution in [3.05, 3.63) is 54.9 Å². The van der Waals surface area contributed by atoms with Crippen LogP contribution in [0.15, 0.2) is 49.3 Å². The van der Waals surface area contributed by atoms with E-state index in [2.05, 4.69) is 30.3 Å². The molecule has 3 aromatic rings. The first-order valence-corrected chi connectivity index (χ1v) is 9.36. The SMILES string of the molecule is O=C(Nc1cnn(-c2ncc(N3CCSCC3)cn2)c1)c1ccncc1. The van der Waals surface area contributed by atoms with Crippen LogP contribution in [0.3, 0.4) is 0 Å². The molecule has 0 aliphatic carbocycles. The highest BCUT2D eigenvalue weighted by atomic mass is 32.2. The van der Waals surface area contributed by atoms with Crippen molar-refractivity contribution in [2.45, 2.75) is 0 Å². The van der Waals surface area contributed by atoms with Crippen molar-refractivity contribution in [3.63, 3.8) is 0 Å². The lowest BCUT2D eigenvalue weighted by molar-refractivity contribution is 0.102. The molecule has 9 heteroatoms. The van der Waals surface area contributed by atoms with Gasteiger partial charge in [0.1, 0.15) is 0 Å². The first-order chi connectivity index (χ1) is 12.8. The number of nitrogens with one attached hydrogen (secondary N) is 1. The molecule has 1 aliphatic heterocycles. The molecule has 1 saturated heterocycles. The summed E-state index contributed by atoms with van der Waals surface area (Å²) >= 11 is 1.96. The number of carbonyl (C=O) groups is 1. The van der Waals surface area contributed by atoms with Crippen molar-refractivity contribution in [1.82, 2.24) is 24.7 Å². The van der Waals surface area contributed by atoms with Gasteiger partial charge in [0.25, 0.3) is 11.9 Å². The summed E-state index contributed by atoms with van der Waals surface area (Å²) in [5, 5.41) is 7.02. The topological polar surface area (TPSA) is 88.8 Å². The zero-order valence-electron chi connectivity index (χ0n) is 13.9. The first-order valence-electron chi connectivity index (χ1n) is 8.21. The Morgan fingerprint density at radius 1 is 1.08 bits per heavy atom. The number of carbonyl (C=O) groups excluding carboxylic acids is 1. The van der Waals surface area contributed by atoms with Crippen LogP contribution >= 0.6 is 11.8 Å². The standard InChI is InChI=1S/C17H17N7OS/c25-16(13-1-3-18-4-2-13)22-14-9-21-24(12-14)17-19-10-15(11-20-17)23-5-7-26-8-6-23/h1-4,9-12H,5-8H2,(H,22,25). The molecule has 1 N–H and O–H groups in total. The molecule has 26 heavy (non-hydrogen) atoms. The van der Waals surface area contributed by atoms with Crippen LogP contribution in [-0.2, 0) is 0 Å². The second-order valence-electron chi connectivity index (χ2n) is 5.70. The van der Waals surface area contributed by atoms with Gasteiger partial charge in [0, 0.05) is 42.6 Å². The van der Waals surface area contributed by atoms with Gasteiger partial charge < -0.3 is 10.2 Å². The number of rotatable bonds is 4. The van der Waals surface area contributed by atoms with E-state index in [-0.39, 0.29) is 5.91 Å². The van der Waals surface area contributed by atoms with Gasteiger partial charge in [-0.2, -0.15) is 16.9 Å². The summed E-state index contributed by atoms with van der Waals surface area (Å²) in [5.74, 6) is 2.50. The molecule has 0 radical (unpaired) electrons. The van der Waals surface area contributed by atoms with E-state index in [1.807, 2.05) is 24.2 Å². The summed E-state index contributed by atoms with van der Waals surface area (Å²) < 4.78 is 1.54. The number of hydrogen-bond donors (Lipinski definition) is 1. The van der Waals surface area contributed by atoms with Crippen LogP contribution in [0.5, 0.6) is 0 Å². The summed E-state index contributed by atoms with van der Waals surface area (Å²) in [6.45, 7) is 2.03. The second-order valence-corrected chi connectivity index (χ2v) is 6.93. The minimum Gasteiger partial charge on any atom is -0.367 e. The quantitative estimate of drug-likeness (QED) is 0.753. The molecule has 1 fully saturated rings. The van der Waals surface area contributed by atoms with Crippen LogP contribution in [-0.4, -0.2) is 55.2 Å². The first kappa shape index (κ1) is 16.5. The average molecular weight is 367 g/mol. The number of thioether (sulfide) groups is 1. The van der Waals surface area contributed by atoms with E-state index in [1.54, 1.807) is 36.9 Å². The van der Waals surface area contributed by atoms with Crippen LogP contribution in [0.2, 0.25) is 0 Å². The molecule has 4 heterocycles. The van der Waals surface area contributed by atoms with E-state index < -0.39 is 0 Å². The maximum Gasteiger partial charge on any atom is 0.255 e. The van der Waals surface area contributed by atoms with Gasteiger partial charge in [0.05, 0.1) is 36.2 Å². The van der Waals surface area contributed by atoms with Gasteiger partial charge in [0.2, 0.25) is 0 Å². The predicted molar refractivity (Wildman–Crippen MR) is 101 cm³/mol. The Bertz CT molecular complexity index is 876. The molecule has 0 atom stereocenters. The van der Waals surface area contributed by atoms with Crippen molar-refractivity contribution in [2.75, 3.05) is 34.8 Å². The van der Waals surface area contributed by atoms with Crippen molar-refractivity contribution in [3.8, 4) is 5.95 Å². The molecule has 0 bridgehead atoms. The number of hydrogen-bond acceptors (Lipinski definition) is 7. The Morgan fingerprint density at radius 2 is 1.81 bits per heavy atom. The Morgan fingerprint density at radius 3 is 2.54 bits per heavy atom. The minimum atomic E-state index is -0.216. The maximum absolute atomic E-state index is 12.2. The van der Waals surface area contributed by atoms with Gasteiger partial charge in [-0.05, 0) is 12.1 Å². The van der Waals surface area contributed by atoms with Crippen LogP contribution in [0, 0.1) is 0 Å². The van der Waals surface area contributed by atoms with Gasteiger partial charge in [-0.15, -0.1) is 0 Å². The molecule has 0 unspecified atom stereocenters. The van der Waals surface area contributed by atoms with Gasteiger partial charge in [0.15, 0.2) is 0 Å². The maximum atomic E-state index is 12.2. The third kappa shape index (κ3) is 3.67. The highest BCUT2D eigenvalue weighted by molar-refractivity contribution is 7.99. The number of aromatic nitrogens is 5. The van der Waals surface area contributed by atoms with Gasteiger partial charge in [-0.25, -0.2) is 14.6 Å². The lowest BCUT2D eigenvalue weighted by Gasteiger charge is -2.27. The van der Waals surface area contributed by atoms with Crippen LogP contribution in [0.1, 0.15) is 10.4 Å². The number of amides is 1. The summed E-state index contributed by atoms with van der Waals surface area (Å²) in [6, 6.07) is 3.31. The van der Waals surface area contributed by atoms with Crippen LogP contribution in [0.4, 0.5) is 11.4 Å².